The molecule has 0 aliphatic carbocycles. The van der Waals surface area contributed by atoms with Crippen molar-refractivity contribution in [1.82, 2.24) is 0 Å². The van der Waals surface area contributed by atoms with Crippen molar-refractivity contribution in [2.45, 2.75) is 35.3 Å². The molecule has 0 bridgehead atoms. The van der Waals surface area contributed by atoms with Gasteiger partial charge < -0.3 is 10.8 Å². The predicted octanol–water partition coefficient (Wildman–Crippen LogP) is 6.16. The average Bonchev–Trinajstić information content (AvgIpc) is 3.27. The summed E-state index contributed by atoms with van der Waals surface area (Å²) < 4.78 is 106. The van der Waals surface area contributed by atoms with E-state index >= 15 is 0 Å². The van der Waals surface area contributed by atoms with E-state index in [0.717, 1.165) is 11.3 Å². The van der Waals surface area contributed by atoms with Gasteiger partial charge in [-0.2, -0.15) is 31.4 Å². The fourth-order valence-corrected chi connectivity index (χ4v) is 5.17. The van der Waals surface area contributed by atoms with Crippen LogP contribution >= 0.6 is 11.6 Å². The molecule has 6 nitrogen and oxygen atoms in total. The lowest BCUT2D eigenvalue weighted by atomic mass is 9.89. The molecule has 0 saturated carbocycles. The minimum Gasteiger partial charge on any atom is -0.398 e. The van der Waals surface area contributed by atoms with Gasteiger partial charge in [-0.3, -0.25) is 5.01 Å². The Bertz CT molecular complexity index is 1540. The van der Waals surface area contributed by atoms with Crippen molar-refractivity contribution < 1.29 is 39.9 Å². The number of aliphatic hydroxyl groups is 1. The molecule has 1 aliphatic rings. The van der Waals surface area contributed by atoms with Crippen LogP contribution in [0, 0.1) is 0 Å². The first-order chi connectivity index (χ1) is 17.9. The molecule has 0 amide bonds. The molecule has 0 spiro atoms. The predicted molar refractivity (Wildman–Crippen MR) is 135 cm³/mol. The number of hydrogen-bond donors (Lipinski definition) is 2. The second-order valence-electron chi connectivity index (χ2n) is 8.92. The number of hydrazone groups is 1. The van der Waals surface area contributed by atoms with Gasteiger partial charge in [0.1, 0.15) is 0 Å². The Kier molecular flexibility index (Phi) is 7.15. The lowest BCUT2D eigenvalue weighted by Gasteiger charge is -2.32. The van der Waals surface area contributed by atoms with Gasteiger partial charge in [-0.1, -0.05) is 48.0 Å². The topological polar surface area (TPSA) is 96.0 Å². The van der Waals surface area contributed by atoms with Gasteiger partial charge in [0, 0.05) is 23.9 Å². The third kappa shape index (κ3) is 5.18. The third-order valence-electron chi connectivity index (χ3n) is 6.28. The highest BCUT2D eigenvalue weighted by molar-refractivity contribution is 7.90. The van der Waals surface area contributed by atoms with Crippen molar-refractivity contribution in [3.05, 3.63) is 77.3 Å². The van der Waals surface area contributed by atoms with Crippen LogP contribution in [0.1, 0.15) is 18.0 Å². The first-order valence-electron chi connectivity index (χ1n) is 11.1. The fourth-order valence-electron chi connectivity index (χ4n) is 4.28. The summed E-state index contributed by atoms with van der Waals surface area (Å²) in [6, 6.07) is 14.6. The minimum atomic E-state index is -6.11. The van der Waals surface area contributed by atoms with E-state index in [-0.39, 0.29) is 26.9 Å². The number of nitrogen functional groups attached to an aromatic ring is 1. The van der Waals surface area contributed by atoms with Gasteiger partial charge >= 0.3 is 12.4 Å². The summed E-state index contributed by atoms with van der Waals surface area (Å²) in [5.74, 6) is 0. The van der Waals surface area contributed by atoms with E-state index in [1.165, 1.54) is 60.7 Å². The monoisotopic (exact) mass is 591 g/mol. The fraction of sp³-hybridized carbons (Fsp3) is 0.240. The van der Waals surface area contributed by atoms with Gasteiger partial charge in [-0.25, -0.2) is 8.42 Å². The maximum atomic E-state index is 13.7. The average molecular weight is 592 g/mol. The van der Waals surface area contributed by atoms with Crippen LogP contribution < -0.4 is 10.7 Å². The number of anilines is 2. The number of hydrogen-bond acceptors (Lipinski definition) is 6. The number of halogens is 7. The Labute approximate surface area is 224 Å². The third-order valence-corrected chi connectivity index (χ3v) is 7.71. The number of nitrogens with zero attached hydrogens (tertiary/aromatic N) is 2. The molecule has 14 heteroatoms. The van der Waals surface area contributed by atoms with Gasteiger partial charge in [-0.15, -0.1) is 0 Å². The molecule has 3 aromatic rings. The molecule has 1 heterocycles. The van der Waals surface area contributed by atoms with Gasteiger partial charge in [0.05, 0.1) is 27.4 Å². The second kappa shape index (κ2) is 9.72. The Morgan fingerprint density at radius 1 is 0.974 bits per heavy atom. The number of sulfone groups is 1. The molecule has 0 aromatic heterocycles. The summed E-state index contributed by atoms with van der Waals surface area (Å²) in [4.78, 5) is 0.0285. The Hall–Kier alpha value is -3.29. The van der Waals surface area contributed by atoms with Crippen LogP contribution in [0.5, 0.6) is 0 Å². The van der Waals surface area contributed by atoms with Crippen LogP contribution in [0.25, 0.3) is 11.1 Å². The molecule has 1 atom stereocenters. The largest absolute Gasteiger partial charge is 0.431 e. The van der Waals surface area contributed by atoms with Crippen LogP contribution in [0.15, 0.2) is 76.7 Å². The van der Waals surface area contributed by atoms with E-state index in [1.54, 1.807) is 6.07 Å². The first-order valence-corrected chi connectivity index (χ1v) is 13.4. The van der Waals surface area contributed by atoms with E-state index < -0.39 is 46.0 Å². The zero-order valence-electron chi connectivity index (χ0n) is 19.9. The molecular formula is C25H20ClF6N3O3S. The number of benzene rings is 3. The van der Waals surface area contributed by atoms with Gasteiger partial charge in [-0.05, 0) is 41.5 Å². The highest BCUT2D eigenvalue weighted by Gasteiger charge is 2.74. The summed E-state index contributed by atoms with van der Waals surface area (Å²) in [6.07, 6.45) is -12.1. The van der Waals surface area contributed by atoms with Crippen molar-refractivity contribution in [2.75, 3.05) is 17.0 Å². The van der Waals surface area contributed by atoms with E-state index in [2.05, 4.69) is 5.10 Å². The zero-order valence-corrected chi connectivity index (χ0v) is 21.5. The lowest BCUT2D eigenvalue weighted by Crippen LogP contribution is -2.62. The second-order valence-corrected chi connectivity index (χ2v) is 11.3. The van der Waals surface area contributed by atoms with Crippen molar-refractivity contribution in [3.8, 4) is 11.1 Å². The molecule has 1 aliphatic heterocycles. The van der Waals surface area contributed by atoms with E-state index in [1.807, 2.05) is 0 Å². The van der Waals surface area contributed by atoms with Crippen LogP contribution in [-0.2, 0) is 9.84 Å². The summed E-state index contributed by atoms with van der Waals surface area (Å²) in [5.41, 5.74) is 0.529. The molecule has 39 heavy (non-hydrogen) atoms. The van der Waals surface area contributed by atoms with Gasteiger partial charge in [0.25, 0.3) is 5.60 Å². The number of rotatable bonds is 5. The number of para-hydroxylation sites is 1. The molecule has 208 valence electrons. The molecule has 0 radical (unpaired) electrons. The summed E-state index contributed by atoms with van der Waals surface area (Å²) in [6.45, 7) is 0. The SMILES string of the molecule is CS(=O)(=O)c1cccc(-c2ccc(C3CC(C(O)(C(F)(F)F)C(F)(F)F)=NN3c3ccccc3Cl)cc2N)c1. The molecule has 1 unspecified atom stereocenters. The first kappa shape index (κ1) is 28.7. The van der Waals surface area contributed by atoms with Crippen molar-refractivity contribution in [3.63, 3.8) is 0 Å². The molecule has 4 rings (SSSR count). The van der Waals surface area contributed by atoms with E-state index in [9.17, 15) is 39.9 Å². The summed E-state index contributed by atoms with van der Waals surface area (Å²) in [5, 5.41) is 14.5. The molecule has 0 fully saturated rings. The van der Waals surface area contributed by atoms with Gasteiger partial charge in [0.2, 0.25) is 0 Å². The Morgan fingerprint density at radius 3 is 2.18 bits per heavy atom. The standard InChI is InChI=1S/C25H20ClF6N3O3S/c1-39(37,38)16-6-4-5-14(11-16)17-10-9-15(12-19(17)33)21-13-22(23(36,24(27,28)29)25(30,31)32)34-35(21)20-8-3-2-7-18(20)26/h2-12,21,36H,13,33H2,1H3. The quantitative estimate of drug-likeness (QED) is 0.274. The van der Waals surface area contributed by atoms with Crippen molar-refractivity contribution >= 4 is 38.5 Å². The maximum Gasteiger partial charge on any atom is 0.431 e. The molecule has 3 aromatic carbocycles. The van der Waals surface area contributed by atoms with Crippen LogP contribution in [0.3, 0.4) is 0 Å². The number of nitrogens with two attached hydrogens (primary N) is 1. The zero-order chi connectivity index (χ0) is 29.0. The minimum absolute atomic E-state index is 0.00256. The smallest absolute Gasteiger partial charge is 0.398 e. The molecule has 0 saturated heterocycles. The Morgan fingerprint density at radius 2 is 1.62 bits per heavy atom. The highest BCUT2D eigenvalue weighted by Crippen LogP contribution is 2.49. The molecule has 3 N–H and O–H groups in total. The summed E-state index contributed by atoms with van der Waals surface area (Å²) >= 11 is 6.20. The van der Waals surface area contributed by atoms with Crippen molar-refractivity contribution in [2.24, 2.45) is 5.10 Å². The molecular weight excluding hydrogens is 572 g/mol. The lowest BCUT2D eigenvalue weighted by molar-refractivity contribution is -0.338. The van der Waals surface area contributed by atoms with Crippen LogP contribution in [0.2, 0.25) is 5.02 Å². The van der Waals surface area contributed by atoms with E-state index in [0.29, 0.717) is 11.1 Å². The normalized spacial score (nSPS) is 16.9. The summed E-state index contributed by atoms with van der Waals surface area (Å²) in [7, 11) is -3.54. The maximum absolute atomic E-state index is 13.7. The highest BCUT2D eigenvalue weighted by atomic mass is 35.5. The Balaban J connectivity index is 1.82. The van der Waals surface area contributed by atoms with E-state index in [4.69, 9.17) is 17.3 Å². The van der Waals surface area contributed by atoms with Crippen LogP contribution in [0.4, 0.5) is 37.7 Å². The van der Waals surface area contributed by atoms with Gasteiger partial charge in [0.15, 0.2) is 9.84 Å². The van der Waals surface area contributed by atoms with Crippen LogP contribution in [-0.4, -0.2) is 43.4 Å². The van der Waals surface area contributed by atoms with Crippen molar-refractivity contribution in [1.29, 1.82) is 0 Å². The number of alkyl halides is 6.